The molecule has 2 N–H and O–H groups in total. The molecule has 0 spiro atoms. The fraction of sp³-hybridized carbons (Fsp3) is 0.476. The zero-order valence-electron chi connectivity index (χ0n) is 16.8. The van der Waals surface area contributed by atoms with Gasteiger partial charge >= 0.3 is 0 Å². The summed E-state index contributed by atoms with van der Waals surface area (Å²) < 4.78 is 1.82. The number of pyridine rings is 1. The van der Waals surface area contributed by atoms with Gasteiger partial charge in [0.25, 0.3) is 0 Å². The first kappa shape index (κ1) is 19.3. The van der Waals surface area contributed by atoms with Gasteiger partial charge in [-0.1, -0.05) is 13.3 Å². The van der Waals surface area contributed by atoms with E-state index in [0.29, 0.717) is 0 Å². The van der Waals surface area contributed by atoms with Crippen molar-refractivity contribution in [3.63, 3.8) is 0 Å². The van der Waals surface area contributed by atoms with Crippen LogP contribution in [0.25, 0.3) is 5.65 Å². The average Bonchev–Trinajstić information content (AvgIpc) is 3.02. The topological polar surface area (TPSA) is 72.3 Å². The minimum atomic E-state index is 0.161. The molecular formula is C21H30N6. The van der Waals surface area contributed by atoms with Crippen LogP contribution in [0.4, 0.5) is 11.5 Å². The maximum atomic E-state index is 5.99. The Morgan fingerprint density at radius 3 is 2.81 bits per heavy atom. The van der Waals surface area contributed by atoms with E-state index in [2.05, 4.69) is 29.9 Å². The van der Waals surface area contributed by atoms with E-state index in [1.807, 2.05) is 43.0 Å². The predicted molar refractivity (Wildman–Crippen MR) is 111 cm³/mol. The molecule has 0 aromatic carbocycles. The van der Waals surface area contributed by atoms with E-state index in [-0.39, 0.29) is 6.04 Å². The molecule has 1 atom stereocenters. The lowest BCUT2D eigenvalue weighted by Crippen LogP contribution is -2.23. The van der Waals surface area contributed by atoms with Gasteiger partial charge in [-0.15, -0.1) is 0 Å². The molecule has 0 bridgehead atoms. The molecule has 6 nitrogen and oxygen atoms in total. The molecule has 0 radical (unpaired) electrons. The zero-order chi connectivity index (χ0) is 19.4. The molecular weight excluding hydrogens is 336 g/mol. The quantitative estimate of drug-likeness (QED) is 0.653. The smallest absolute Gasteiger partial charge is 0.160 e. The number of nitrogens with two attached hydrogens (primary N) is 1. The molecule has 27 heavy (non-hydrogen) atoms. The van der Waals surface area contributed by atoms with Crippen LogP contribution >= 0.6 is 0 Å². The Morgan fingerprint density at radius 2 is 2.07 bits per heavy atom. The molecule has 3 rings (SSSR count). The van der Waals surface area contributed by atoms with Gasteiger partial charge in [-0.2, -0.15) is 5.10 Å². The number of aromatic nitrogens is 4. The predicted octanol–water partition coefficient (Wildman–Crippen LogP) is 3.96. The maximum absolute atomic E-state index is 5.99. The minimum Gasteiger partial charge on any atom is -0.328 e. The minimum absolute atomic E-state index is 0.161. The molecule has 0 saturated carbocycles. The summed E-state index contributed by atoms with van der Waals surface area (Å²) in [4.78, 5) is 11.9. The molecule has 0 aliphatic carbocycles. The van der Waals surface area contributed by atoms with Crippen LogP contribution in [-0.2, 0) is 6.42 Å². The van der Waals surface area contributed by atoms with Crippen molar-refractivity contribution in [1.29, 1.82) is 0 Å². The van der Waals surface area contributed by atoms with Gasteiger partial charge in [0.15, 0.2) is 5.65 Å². The van der Waals surface area contributed by atoms with Gasteiger partial charge < -0.3 is 10.6 Å². The lowest BCUT2D eigenvalue weighted by molar-refractivity contribution is 0.656. The second-order valence-electron chi connectivity index (χ2n) is 7.38. The second-order valence-corrected chi connectivity index (χ2v) is 7.38. The molecule has 3 aromatic rings. The number of nitrogens with zero attached hydrogens (tertiary/aromatic N) is 5. The Morgan fingerprint density at radius 1 is 1.26 bits per heavy atom. The normalized spacial score (nSPS) is 12.5. The highest BCUT2D eigenvalue weighted by atomic mass is 15.3. The number of unbranched alkanes of at least 4 members (excludes halogenated alkanes) is 1. The van der Waals surface area contributed by atoms with E-state index in [1.165, 1.54) is 0 Å². The van der Waals surface area contributed by atoms with Crippen LogP contribution in [0.3, 0.4) is 0 Å². The van der Waals surface area contributed by atoms with E-state index in [0.717, 1.165) is 66.2 Å². The number of aryl methyl sites for hydroxylation is 3. The lowest BCUT2D eigenvalue weighted by Gasteiger charge is -2.26. The van der Waals surface area contributed by atoms with Crippen LogP contribution in [0.2, 0.25) is 0 Å². The third-order valence-corrected chi connectivity index (χ3v) is 4.75. The molecule has 0 fully saturated rings. The van der Waals surface area contributed by atoms with Gasteiger partial charge in [-0.05, 0) is 57.7 Å². The summed E-state index contributed by atoms with van der Waals surface area (Å²) in [5, 5.41) is 4.34. The van der Waals surface area contributed by atoms with Crippen molar-refractivity contribution in [1.82, 2.24) is 19.6 Å². The van der Waals surface area contributed by atoms with Crippen LogP contribution < -0.4 is 10.6 Å². The van der Waals surface area contributed by atoms with Gasteiger partial charge in [0.05, 0.1) is 17.6 Å². The van der Waals surface area contributed by atoms with E-state index in [1.54, 1.807) is 0 Å². The van der Waals surface area contributed by atoms with Crippen molar-refractivity contribution in [2.24, 2.45) is 5.73 Å². The first-order valence-electron chi connectivity index (χ1n) is 9.79. The van der Waals surface area contributed by atoms with Crippen LogP contribution in [0, 0.1) is 13.8 Å². The molecule has 0 saturated heterocycles. The SMILES string of the molecule is CCCCN(c1ccn2ncc(C)c2n1)c1cc(C)cnc1CCC(C)N. The number of fused-ring (bicyclic) bond motifs is 1. The standard InChI is InChI=1S/C21H30N6/c1-5-6-10-26(20-9-11-27-21(25-20)16(3)14-24-27)19-12-15(2)13-23-18(19)8-7-17(4)22/h9,11-14,17H,5-8,10,22H2,1-4H3. The van der Waals surface area contributed by atoms with Crippen LogP contribution in [0.15, 0.2) is 30.7 Å². The molecule has 3 heterocycles. The number of hydrogen-bond donors (Lipinski definition) is 1. The number of anilines is 2. The van der Waals surface area contributed by atoms with Crippen molar-refractivity contribution in [2.75, 3.05) is 11.4 Å². The van der Waals surface area contributed by atoms with Crippen molar-refractivity contribution < 1.29 is 0 Å². The summed E-state index contributed by atoms with van der Waals surface area (Å²) in [6, 6.07) is 4.41. The number of hydrogen-bond acceptors (Lipinski definition) is 5. The van der Waals surface area contributed by atoms with Crippen molar-refractivity contribution >= 4 is 17.2 Å². The average molecular weight is 367 g/mol. The lowest BCUT2D eigenvalue weighted by atomic mass is 10.1. The van der Waals surface area contributed by atoms with E-state index in [9.17, 15) is 0 Å². The highest BCUT2D eigenvalue weighted by molar-refractivity contribution is 5.65. The fourth-order valence-corrected chi connectivity index (χ4v) is 3.17. The molecule has 0 aliphatic rings. The second kappa shape index (κ2) is 8.48. The highest BCUT2D eigenvalue weighted by Gasteiger charge is 2.17. The Kier molecular flexibility index (Phi) is 6.06. The molecule has 144 valence electrons. The van der Waals surface area contributed by atoms with Gasteiger partial charge in [0, 0.05) is 30.5 Å². The van der Waals surface area contributed by atoms with Crippen molar-refractivity contribution in [3.05, 3.63) is 47.5 Å². The van der Waals surface area contributed by atoms with E-state index >= 15 is 0 Å². The van der Waals surface area contributed by atoms with Crippen molar-refractivity contribution in [3.8, 4) is 0 Å². The first-order valence-corrected chi connectivity index (χ1v) is 9.79. The van der Waals surface area contributed by atoms with Crippen molar-refractivity contribution in [2.45, 2.75) is 59.4 Å². The Labute approximate surface area is 161 Å². The molecule has 6 heteroatoms. The Bertz CT molecular complexity index is 899. The summed E-state index contributed by atoms with van der Waals surface area (Å²) in [7, 11) is 0. The number of rotatable bonds is 8. The summed E-state index contributed by atoms with van der Waals surface area (Å²) in [6.45, 7) is 9.28. The maximum Gasteiger partial charge on any atom is 0.160 e. The van der Waals surface area contributed by atoms with E-state index in [4.69, 9.17) is 15.7 Å². The third kappa shape index (κ3) is 4.45. The van der Waals surface area contributed by atoms with Crippen LogP contribution in [0.5, 0.6) is 0 Å². The summed E-state index contributed by atoms with van der Waals surface area (Å²) in [5.41, 5.74) is 11.3. The monoisotopic (exact) mass is 366 g/mol. The van der Waals surface area contributed by atoms with Gasteiger partial charge in [0.2, 0.25) is 0 Å². The summed E-state index contributed by atoms with van der Waals surface area (Å²) in [6.07, 6.45) is 9.77. The summed E-state index contributed by atoms with van der Waals surface area (Å²) >= 11 is 0. The van der Waals surface area contributed by atoms with Crippen LogP contribution in [-0.4, -0.2) is 32.2 Å². The van der Waals surface area contributed by atoms with Gasteiger partial charge in [0.1, 0.15) is 5.82 Å². The first-order chi connectivity index (χ1) is 13.0. The fourth-order valence-electron chi connectivity index (χ4n) is 3.17. The van der Waals surface area contributed by atoms with E-state index < -0.39 is 0 Å². The Balaban J connectivity index is 2.05. The third-order valence-electron chi connectivity index (χ3n) is 4.75. The van der Waals surface area contributed by atoms with Gasteiger partial charge in [-0.25, -0.2) is 9.50 Å². The Hall–Kier alpha value is -2.47. The largest absolute Gasteiger partial charge is 0.328 e. The highest BCUT2D eigenvalue weighted by Crippen LogP contribution is 2.29. The van der Waals surface area contributed by atoms with Crippen LogP contribution in [0.1, 0.15) is 49.9 Å². The van der Waals surface area contributed by atoms with Gasteiger partial charge in [-0.3, -0.25) is 4.98 Å². The molecule has 0 aliphatic heterocycles. The molecule has 0 amide bonds. The molecule has 1 unspecified atom stereocenters. The summed E-state index contributed by atoms with van der Waals surface area (Å²) in [5.74, 6) is 0.939. The zero-order valence-corrected chi connectivity index (χ0v) is 16.8. The molecule has 3 aromatic heterocycles.